The SMILES string of the molecule is CCNCCC(=O)NCCS(=O)CC. The van der Waals surface area contributed by atoms with Gasteiger partial charge < -0.3 is 10.6 Å². The maximum atomic E-state index is 11.1. The maximum absolute atomic E-state index is 11.1. The number of rotatable bonds is 8. The molecule has 1 amide bonds. The largest absolute Gasteiger partial charge is 0.355 e. The number of carbonyl (C=O) groups is 1. The van der Waals surface area contributed by atoms with E-state index in [-0.39, 0.29) is 5.91 Å². The fourth-order valence-corrected chi connectivity index (χ4v) is 1.53. The van der Waals surface area contributed by atoms with Crippen molar-refractivity contribution in [2.24, 2.45) is 0 Å². The summed E-state index contributed by atoms with van der Waals surface area (Å²) >= 11 is 0. The number of hydrogen-bond acceptors (Lipinski definition) is 3. The molecule has 0 radical (unpaired) electrons. The lowest BCUT2D eigenvalue weighted by Crippen LogP contribution is -2.30. The van der Waals surface area contributed by atoms with Gasteiger partial charge in [0.05, 0.1) is 0 Å². The lowest BCUT2D eigenvalue weighted by atomic mass is 10.4. The normalized spacial score (nSPS) is 12.4. The highest BCUT2D eigenvalue weighted by atomic mass is 32.2. The molecule has 0 aromatic heterocycles. The molecular weight excluding hydrogens is 200 g/mol. The first kappa shape index (κ1) is 13.6. The monoisotopic (exact) mass is 220 g/mol. The Morgan fingerprint density at radius 2 is 2.00 bits per heavy atom. The van der Waals surface area contributed by atoms with Crippen LogP contribution < -0.4 is 10.6 Å². The molecule has 14 heavy (non-hydrogen) atoms. The zero-order valence-corrected chi connectivity index (χ0v) is 9.78. The number of carbonyl (C=O) groups excluding carboxylic acids is 1. The number of nitrogens with one attached hydrogen (secondary N) is 2. The van der Waals surface area contributed by atoms with Gasteiger partial charge in [-0.2, -0.15) is 0 Å². The van der Waals surface area contributed by atoms with E-state index in [1.807, 2.05) is 13.8 Å². The third kappa shape index (κ3) is 8.19. The van der Waals surface area contributed by atoms with Crippen molar-refractivity contribution < 1.29 is 9.00 Å². The molecule has 0 saturated heterocycles. The Morgan fingerprint density at radius 1 is 1.29 bits per heavy atom. The van der Waals surface area contributed by atoms with Gasteiger partial charge in [-0.3, -0.25) is 9.00 Å². The van der Waals surface area contributed by atoms with E-state index >= 15 is 0 Å². The van der Waals surface area contributed by atoms with E-state index < -0.39 is 10.8 Å². The van der Waals surface area contributed by atoms with Crippen molar-refractivity contribution in [2.45, 2.75) is 20.3 Å². The average Bonchev–Trinajstić information content (AvgIpc) is 2.18. The van der Waals surface area contributed by atoms with Crippen LogP contribution in [0, 0.1) is 0 Å². The fraction of sp³-hybridized carbons (Fsp3) is 0.889. The molecular formula is C9H20N2O2S. The van der Waals surface area contributed by atoms with Crippen molar-refractivity contribution in [2.75, 3.05) is 31.1 Å². The molecule has 0 aromatic rings. The van der Waals surface area contributed by atoms with Gasteiger partial charge in [-0.1, -0.05) is 13.8 Å². The first-order chi connectivity index (χ1) is 6.70. The molecule has 4 nitrogen and oxygen atoms in total. The molecule has 0 aromatic carbocycles. The summed E-state index contributed by atoms with van der Waals surface area (Å²) in [4.78, 5) is 11.1. The standard InChI is InChI=1S/C9H20N2O2S/c1-3-10-6-5-9(12)11-7-8-14(13)4-2/h10H,3-8H2,1-2H3,(H,11,12). The van der Waals surface area contributed by atoms with Crippen molar-refractivity contribution in [1.29, 1.82) is 0 Å². The fourth-order valence-electron chi connectivity index (χ4n) is 0.916. The zero-order chi connectivity index (χ0) is 10.8. The van der Waals surface area contributed by atoms with Gasteiger partial charge in [0, 0.05) is 41.8 Å². The third-order valence-corrected chi connectivity index (χ3v) is 3.06. The summed E-state index contributed by atoms with van der Waals surface area (Å²) < 4.78 is 11.0. The van der Waals surface area contributed by atoms with Crippen molar-refractivity contribution in [3.8, 4) is 0 Å². The van der Waals surface area contributed by atoms with Crippen molar-refractivity contribution in [3.63, 3.8) is 0 Å². The summed E-state index contributed by atoms with van der Waals surface area (Å²) in [7, 11) is -0.781. The van der Waals surface area contributed by atoms with E-state index in [1.54, 1.807) is 0 Å². The Kier molecular flexibility index (Phi) is 8.87. The van der Waals surface area contributed by atoms with Crippen LogP contribution in [0.4, 0.5) is 0 Å². The predicted octanol–water partition coefficient (Wildman–Crippen LogP) is -0.129. The minimum Gasteiger partial charge on any atom is -0.355 e. The van der Waals surface area contributed by atoms with Crippen LogP contribution >= 0.6 is 0 Å². The minimum atomic E-state index is -0.781. The first-order valence-electron chi connectivity index (χ1n) is 5.03. The molecule has 0 aliphatic rings. The minimum absolute atomic E-state index is 0.0269. The van der Waals surface area contributed by atoms with Gasteiger partial charge in [0.1, 0.15) is 0 Å². The summed E-state index contributed by atoms with van der Waals surface area (Å²) in [5.74, 6) is 1.25. The molecule has 0 saturated carbocycles. The lowest BCUT2D eigenvalue weighted by Gasteiger charge is -2.04. The summed E-state index contributed by atoms with van der Waals surface area (Å²) in [6, 6.07) is 0. The van der Waals surface area contributed by atoms with E-state index in [0.29, 0.717) is 31.0 Å². The first-order valence-corrected chi connectivity index (χ1v) is 6.51. The second kappa shape index (κ2) is 9.15. The van der Waals surface area contributed by atoms with Crippen LogP contribution in [0.3, 0.4) is 0 Å². The van der Waals surface area contributed by atoms with Crippen LogP contribution in [-0.2, 0) is 15.6 Å². The van der Waals surface area contributed by atoms with Gasteiger partial charge in [-0.15, -0.1) is 0 Å². The highest BCUT2D eigenvalue weighted by molar-refractivity contribution is 7.84. The average molecular weight is 220 g/mol. The van der Waals surface area contributed by atoms with Crippen LogP contribution in [0.25, 0.3) is 0 Å². The van der Waals surface area contributed by atoms with Gasteiger partial charge >= 0.3 is 0 Å². The molecule has 5 heteroatoms. The van der Waals surface area contributed by atoms with Gasteiger partial charge in [-0.25, -0.2) is 0 Å². The lowest BCUT2D eigenvalue weighted by molar-refractivity contribution is -0.120. The van der Waals surface area contributed by atoms with E-state index in [2.05, 4.69) is 10.6 Å². The van der Waals surface area contributed by atoms with Crippen molar-refractivity contribution >= 4 is 16.7 Å². The van der Waals surface area contributed by atoms with Crippen LogP contribution in [0.5, 0.6) is 0 Å². The van der Waals surface area contributed by atoms with Gasteiger partial charge in [0.25, 0.3) is 0 Å². The Bertz CT molecular complexity index is 186. The quantitative estimate of drug-likeness (QED) is 0.560. The molecule has 0 spiro atoms. The molecule has 2 N–H and O–H groups in total. The molecule has 0 bridgehead atoms. The molecule has 1 unspecified atom stereocenters. The summed E-state index contributed by atoms with van der Waals surface area (Å²) in [6.45, 7) is 5.99. The Balaban J connectivity index is 3.31. The Morgan fingerprint density at radius 3 is 2.57 bits per heavy atom. The van der Waals surface area contributed by atoms with Crippen LogP contribution in [0.1, 0.15) is 20.3 Å². The molecule has 0 heterocycles. The zero-order valence-electron chi connectivity index (χ0n) is 8.97. The molecule has 0 rings (SSSR count). The highest BCUT2D eigenvalue weighted by Gasteiger charge is 2.00. The van der Waals surface area contributed by atoms with Crippen molar-refractivity contribution in [3.05, 3.63) is 0 Å². The highest BCUT2D eigenvalue weighted by Crippen LogP contribution is 1.81. The van der Waals surface area contributed by atoms with Crippen LogP contribution in [-0.4, -0.2) is 41.3 Å². The number of hydrogen-bond donors (Lipinski definition) is 2. The number of amides is 1. The van der Waals surface area contributed by atoms with Crippen molar-refractivity contribution in [1.82, 2.24) is 10.6 Å². The molecule has 84 valence electrons. The van der Waals surface area contributed by atoms with E-state index in [4.69, 9.17) is 0 Å². The van der Waals surface area contributed by atoms with Gasteiger partial charge in [-0.05, 0) is 6.54 Å². The van der Waals surface area contributed by atoms with E-state index in [9.17, 15) is 9.00 Å². The smallest absolute Gasteiger partial charge is 0.221 e. The molecule has 1 atom stereocenters. The van der Waals surface area contributed by atoms with Gasteiger partial charge in [0.15, 0.2) is 0 Å². The summed E-state index contributed by atoms with van der Waals surface area (Å²) in [6.07, 6.45) is 0.493. The molecule has 0 aliphatic heterocycles. The summed E-state index contributed by atoms with van der Waals surface area (Å²) in [5.41, 5.74) is 0. The third-order valence-electron chi connectivity index (χ3n) is 1.75. The molecule has 0 fully saturated rings. The predicted molar refractivity (Wildman–Crippen MR) is 59.7 cm³/mol. The topological polar surface area (TPSA) is 58.2 Å². The second-order valence-electron chi connectivity index (χ2n) is 2.89. The van der Waals surface area contributed by atoms with Crippen LogP contribution in [0.2, 0.25) is 0 Å². The maximum Gasteiger partial charge on any atom is 0.221 e. The Hall–Kier alpha value is -0.420. The van der Waals surface area contributed by atoms with Gasteiger partial charge in [0.2, 0.25) is 5.91 Å². The van der Waals surface area contributed by atoms with Crippen LogP contribution in [0.15, 0.2) is 0 Å². The Labute approximate surface area is 88.3 Å². The summed E-state index contributed by atoms with van der Waals surface area (Å²) in [5, 5.41) is 5.80. The second-order valence-corrected chi connectivity index (χ2v) is 4.75. The van der Waals surface area contributed by atoms with E-state index in [1.165, 1.54) is 0 Å². The molecule has 0 aliphatic carbocycles. The van der Waals surface area contributed by atoms with E-state index in [0.717, 1.165) is 6.54 Å².